The van der Waals surface area contributed by atoms with Gasteiger partial charge in [-0.1, -0.05) is 0 Å². The first-order valence-electron chi connectivity index (χ1n) is 3.25. The van der Waals surface area contributed by atoms with E-state index in [1.165, 1.54) is 0 Å². The molecule has 0 atom stereocenters. The molecule has 2 aromatic heterocycles. The molecule has 0 aromatic carbocycles. The maximum absolute atomic E-state index is 10.5. The summed E-state index contributed by atoms with van der Waals surface area (Å²) in [6, 6.07) is 3.69. The summed E-state index contributed by atoms with van der Waals surface area (Å²) in [5, 5.41) is 10.5. The van der Waals surface area contributed by atoms with Gasteiger partial charge in [-0.25, -0.2) is 0 Å². The van der Waals surface area contributed by atoms with Crippen molar-refractivity contribution in [3.05, 3.63) is 33.4 Å². The van der Waals surface area contributed by atoms with E-state index < -0.39 is 0 Å². The Bertz CT molecular complexity index is 438. The average molecular weight is 227 g/mol. The summed E-state index contributed by atoms with van der Waals surface area (Å²) in [6.07, 6.45) is 1.58. The molecule has 0 fully saturated rings. The molecule has 0 aliphatic heterocycles. The molecule has 2 aromatic rings. The number of rotatable bonds is 1. The molecular weight excluding hydrogens is 223 g/mol. The first kappa shape index (κ1) is 7.46. The van der Waals surface area contributed by atoms with Crippen LogP contribution in [0.5, 0.6) is 0 Å². The second-order valence-corrected chi connectivity index (χ2v) is 4.14. The molecule has 0 aliphatic rings. The number of nitro groups is 1. The Balaban J connectivity index is 2.79. The molecule has 2 rings (SSSR count). The fourth-order valence-corrected chi connectivity index (χ4v) is 2.79. The third-order valence-corrected chi connectivity index (χ3v) is 3.45. The minimum absolute atomic E-state index is 0.0893. The van der Waals surface area contributed by atoms with Gasteiger partial charge in [0, 0.05) is 0 Å². The number of nitrogens with zero attached hydrogens (tertiary/aromatic N) is 2. The van der Waals surface area contributed by atoms with Gasteiger partial charge in [0.2, 0.25) is 0 Å². The van der Waals surface area contributed by atoms with Crippen LogP contribution in [0.2, 0.25) is 0 Å². The Labute approximate surface area is 73.7 Å². The molecule has 0 amide bonds. The van der Waals surface area contributed by atoms with Gasteiger partial charge >= 0.3 is 73.3 Å². The minimum atomic E-state index is -0.374. The Morgan fingerprint density at radius 1 is 1.58 bits per heavy atom. The monoisotopic (exact) mass is 228 g/mol. The van der Waals surface area contributed by atoms with Gasteiger partial charge in [0.05, 0.1) is 0 Å². The van der Waals surface area contributed by atoms with Gasteiger partial charge in [0.1, 0.15) is 0 Å². The van der Waals surface area contributed by atoms with Crippen LogP contribution >= 0.6 is 0 Å². The van der Waals surface area contributed by atoms with Crippen LogP contribution in [0.3, 0.4) is 0 Å². The van der Waals surface area contributed by atoms with E-state index >= 15 is 0 Å². The van der Waals surface area contributed by atoms with Crippen molar-refractivity contribution in [1.29, 1.82) is 0 Å². The van der Waals surface area contributed by atoms with E-state index in [1.807, 2.05) is 6.07 Å². The van der Waals surface area contributed by atoms with Crippen LogP contribution in [0.15, 0.2) is 23.3 Å². The molecule has 0 bridgehead atoms. The zero-order chi connectivity index (χ0) is 8.55. The third kappa shape index (κ3) is 1.03. The van der Waals surface area contributed by atoms with E-state index in [9.17, 15) is 10.1 Å². The van der Waals surface area contributed by atoms with Gasteiger partial charge in [-0.05, 0) is 0 Å². The summed E-state index contributed by atoms with van der Waals surface area (Å²) in [5.41, 5.74) is 0.702. The zero-order valence-electron chi connectivity index (χ0n) is 5.93. The summed E-state index contributed by atoms with van der Waals surface area (Å²) >= 11 is 0.0893. The molecular formula is C7H4N2O2Se. The van der Waals surface area contributed by atoms with Crippen LogP contribution in [0.25, 0.3) is 9.78 Å². The Morgan fingerprint density at radius 3 is 3.17 bits per heavy atom. The first-order valence-corrected chi connectivity index (χ1v) is 5.10. The Kier molecular flexibility index (Phi) is 1.67. The van der Waals surface area contributed by atoms with Gasteiger partial charge in [-0.3, -0.25) is 0 Å². The fraction of sp³-hybridized carbons (Fsp3) is 0. The molecule has 0 radical (unpaired) electrons. The molecule has 2 heterocycles. The van der Waals surface area contributed by atoms with Crippen LogP contribution < -0.4 is 0 Å². The number of hydrogen-bond acceptors (Lipinski definition) is 3. The van der Waals surface area contributed by atoms with E-state index in [0.717, 1.165) is 4.26 Å². The van der Waals surface area contributed by atoms with Gasteiger partial charge < -0.3 is 0 Å². The van der Waals surface area contributed by atoms with Gasteiger partial charge in [-0.2, -0.15) is 0 Å². The fourth-order valence-electron chi connectivity index (χ4n) is 0.983. The van der Waals surface area contributed by atoms with Crippen molar-refractivity contribution in [1.82, 2.24) is 4.98 Å². The molecule has 0 spiro atoms. The quantitative estimate of drug-likeness (QED) is 0.418. The van der Waals surface area contributed by atoms with Crippen molar-refractivity contribution in [2.24, 2.45) is 0 Å². The molecule has 12 heavy (non-hydrogen) atoms. The predicted octanol–water partition coefficient (Wildman–Crippen LogP) is 1.20. The Hall–Kier alpha value is -1.19. The first-order chi connectivity index (χ1) is 5.79. The van der Waals surface area contributed by atoms with Crippen LogP contribution in [-0.4, -0.2) is 24.4 Å². The average Bonchev–Trinajstić information content (AvgIpc) is 2.47. The number of hydrogen-bond donors (Lipinski definition) is 0. The SMILES string of the molecule is O=[N+]([O-])c1c[se]c2cccnc12. The summed E-state index contributed by atoms with van der Waals surface area (Å²) in [7, 11) is 0. The predicted molar refractivity (Wildman–Crippen MR) is 45.3 cm³/mol. The van der Waals surface area contributed by atoms with Gasteiger partial charge in [0.15, 0.2) is 0 Å². The van der Waals surface area contributed by atoms with E-state index in [1.54, 1.807) is 17.2 Å². The van der Waals surface area contributed by atoms with E-state index in [-0.39, 0.29) is 25.1 Å². The van der Waals surface area contributed by atoms with Crippen LogP contribution in [0.1, 0.15) is 0 Å². The van der Waals surface area contributed by atoms with Crippen molar-refractivity contribution >= 4 is 30.0 Å². The van der Waals surface area contributed by atoms with E-state index in [0.29, 0.717) is 5.52 Å². The summed E-state index contributed by atoms with van der Waals surface area (Å²) < 4.78 is 0.997. The van der Waals surface area contributed by atoms with Crippen molar-refractivity contribution in [2.45, 2.75) is 0 Å². The maximum atomic E-state index is 10.5. The van der Waals surface area contributed by atoms with Crippen LogP contribution in [0.4, 0.5) is 5.69 Å². The van der Waals surface area contributed by atoms with Crippen LogP contribution in [-0.2, 0) is 0 Å². The number of pyridine rings is 1. The van der Waals surface area contributed by atoms with Crippen LogP contribution in [0, 0.1) is 10.1 Å². The van der Waals surface area contributed by atoms with Crippen molar-refractivity contribution < 1.29 is 4.92 Å². The van der Waals surface area contributed by atoms with E-state index in [2.05, 4.69) is 4.98 Å². The molecule has 4 nitrogen and oxygen atoms in total. The summed E-state index contributed by atoms with van der Waals surface area (Å²) in [4.78, 5) is 15.7. The molecule has 0 saturated carbocycles. The number of aromatic nitrogens is 1. The zero-order valence-corrected chi connectivity index (χ0v) is 7.64. The topological polar surface area (TPSA) is 56.0 Å². The molecule has 0 saturated heterocycles. The number of fused-ring (bicyclic) bond motifs is 1. The molecule has 5 heteroatoms. The van der Waals surface area contributed by atoms with Crippen molar-refractivity contribution in [3.8, 4) is 0 Å². The van der Waals surface area contributed by atoms with E-state index in [4.69, 9.17) is 0 Å². The standard InChI is InChI=1S/C7H4N2O2Se/c10-9(11)5-4-12-6-2-1-3-8-7(5)6/h1-4H. The Morgan fingerprint density at radius 2 is 2.42 bits per heavy atom. The van der Waals surface area contributed by atoms with Gasteiger partial charge in [-0.15, -0.1) is 0 Å². The second kappa shape index (κ2) is 2.69. The van der Waals surface area contributed by atoms with Crippen molar-refractivity contribution in [3.63, 3.8) is 0 Å². The second-order valence-electron chi connectivity index (χ2n) is 2.23. The van der Waals surface area contributed by atoms with Crippen molar-refractivity contribution in [2.75, 3.05) is 0 Å². The van der Waals surface area contributed by atoms with Gasteiger partial charge in [0.25, 0.3) is 0 Å². The normalized spacial score (nSPS) is 10.3. The third-order valence-electron chi connectivity index (χ3n) is 1.51. The summed E-state index contributed by atoms with van der Waals surface area (Å²) in [5.74, 6) is 0. The molecule has 0 aliphatic carbocycles. The summed E-state index contributed by atoms with van der Waals surface area (Å²) in [6.45, 7) is 0. The molecule has 0 N–H and O–H groups in total. The molecule has 0 unspecified atom stereocenters. The molecule has 60 valence electrons.